The van der Waals surface area contributed by atoms with Gasteiger partial charge in [0.15, 0.2) is 0 Å². The third-order valence-corrected chi connectivity index (χ3v) is 2.46. The highest BCUT2D eigenvalue weighted by molar-refractivity contribution is 5.73. The van der Waals surface area contributed by atoms with Crippen LogP contribution < -0.4 is 5.32 Å². The Morgan fingerprint density at radius 3 is 2.42 bits per heavy atom. The number of nitrogens with zero attached hydrogens (tertiary/aromatic N) is 1. The second-order valence-corrected chi connectivity index (χ2v) is 4.73. The molecule has 0 spiro atoms. The van der Waals surface area contributed by atoms with Crippen LogP contribution in [-0.4, -0.2) is 49.2 Å². The Labute approximate surface area is 121 Å². The van der Waals surface area contributed by atoms with Crippen LogP contribution >= 0.6 is 0 Å². The van der Waals surface area contributed by atoms with Crippen molar-refractivity contribution in [1.29, 1.82) is 0 Å². The summed E-state index contributed by atoms with van der Waals surface area (Å²) in [7, 11) is 0. The minimum absolute atomic E-state index is 0. The van der Waals surface area contributed by atoms with Gasteiger partial charge in [0.1, 0.15) is 0 Å². The third kappa shape index (κ3) is 12.2. The number of ether oxygens (including phenoxy) is 1. The van der Waals surface area contributed by atoms with E-state index < -0.39 is 0 Å². The van der Waals surface area contributed by atoms with Crippen molar-refractivity contribution in [3.05, 3.63) is 0 Å². The molecule has 19 heavy (non-hydrogen) atoms. The monoisotopic (exact) mass is 276 g/mol. The molecule has 0 unspecified atom stereocenters. The van der Waals surface area contributed by atoms with Gasteiger partial charge < -0.3 is 10.1 Å². The van der Waals surface area contributed by atoms with E-state index in [0.717, 1.165) is 26.3 Å². The maximum atomic E-state index is 10.8. The lowest BCUT2D eigenvalue weighted by Gasteiger charge is -2.35. The summed E-state index contributed by atoms with van der Waals surface area (Å²) in [6, 6.07) is 0.674. The van der Waals surface area contributed by atoms with Gasteiger partial charge in [-0.2, -0.15) is 0 Å². The lowest BCUT2D eigenvalue weighted by Crippen LogP contribution is -2.49. The van der Waals surface area contributed by atoms with Gasteiger partial charge in [0.05, 0.1) is 13.2 Å². The summed E-state index contributed by atoms with van der Waals surface area (Å²) in [4.78, 5) is 13.2. The molecule has 0 bridgehead atoms. The quantitative estimate of drug-likeness (QED) is 0.862. The molecule has 1 fully saturated rings. The fourth-order valence-electron chi connectivity index (χ4n) is 1.78. The van der Waals surface area contributed by atoms with Crippen molar-refractivity contribution in [2.75, 3.05) is 26.3 Å². The maximum absolute atomic E-state index is 10.8. The van der Waals surface area contributed by atoms with E-state index in [9.17, 15) is 4.79 Å². The van der Waals surface area contributed by atoms with Crippen LogP contribution in [0.4, 0.5) is 0 Å². The second kappa shape index (κ2) is 13.8. The molecule has 1 amide bonds. The van der Waals surface area contributed by atoms with Gasteiger partial charge >= 0.3 is 0 Å². The van der Waals surface area contributed by atoms with Crippen molar-refractivity contribution in [3.63, 3.8) is 0 Å². The lowest BCUT2D eigenvalue weighted by molar-refractivity contribution is -0.119. The van der Waals surface area contributed by atoms with Crippen LogP contribution in [-0.2, 0) is 9.53 Å². The third-order valence-electron chi connectivity index (χ3n) is 2.46. The van der Waals surface area contributed by atoms with E-state index in [-0.39, 0.29) is 13.4 Å². The zero-order chi connectivity index (χ0) is 15.3. The predicted molar refractivity (Wildman–Crippen MR) is 84.6 cm³/mol. The Morgan fingerprint density at radius 2 is 2.00 bits per heavy atom. The highest BCUT2D eigenvalue weighted by Gasteiger charge is 2.20. The number of amides is 1. The number of rotatable bonds is 3. The molecule has 0 aromatic carbocycles. The van der Waals surface area contributed by atoms with Gasteiger partial charge in [-0.15, -0.1) is 0 Å². The summed E-state index contributed by atoms with van der Waals surface area (Å²) in [5, 5.41) is 2.89. The zero-order valence-corrected chi connectivity index (χ0v) is 14.0. The summed E-state index contributed by atoms with van der Waals surface area (Å²) < 4.78 is 5.35. The molecule has 1 rings (SSSR count). The van der Waals surface area contributed by atoms with Gasteiger partial charge in [-0.1, -0.05) is 34.1 Å². The molecule has 1 N–H and O–H groups in total. The minimum atomic E-state index is 0. The van der Waals surface area contributed by atoms with E-state index in [2.05, 4.69) is 31.0 Å². The smallest absolute Gasteiger partial charge is 0.217 e. The van der Waals surface area contributed by atoms with Crippen LogP contribution in [0.15, 0.2) is 0 Å². The van der Waals surface area contributed by atoms with Crippen LogP contribution in [0.3, 0.4) is 0 Å². The van der Waals surface area contributed by atoms with Crippen molar-refractivity contribution in [3.8, 4) is 0 Å². The van der Waals surface area contributed by atoms with Gasteiger partial charge in [0, 0.05) is 33.5 Å². The van der Waals surface area contributed by atoms with Gasteiger partial charge in [-0.3, -0.25) is 9.69 Å². The van der Waals surface area contributed by atoms with Crippen LogP contribution in [0.25, 0.3) is 0 Å². The SMILES string of the molecule is CC.CC(=O)N[C@H](C)CN1CCOC[C@@H]1C.CCC.[HH]. The Morgan fingerprint density at radius 1 is 1.47 bits per heavy atom. The molecule has 1 aliphatic heterocycles. The molecule has 4 heteroatoms. The summed E-state index contributed by atoms with van der Waals surface area (Å²) in [6.45, 7) is 17.5. The van der Waals surface area contributed by atoms with Crippen molar-refractivity contribution < 1.29 is 11.0 Å². The van der Waals surface area contributed by atoms with E-state index >= 15 is 0 Å². The molecular formula is C15H36N2O2. The first-order valence-electron chi connectivity index (χ1n) is 7.60. The number of hydrogen-bond acceptors (Lipinski definition) is 3. The van der Waals surface area contributed by atoms with Crippen molar-refractivity contribution in [1.82, 2.24) is 10.2 Å². The lowest BCUT2D eigenvalue weighted by atomic mass is 10.2. The topological polar surface area (TPSA) is 41.6 Å². The first kappa shape index (κ1) is 20.7. The molecule has 118 valence electrons. The molecular weight excluding hydrogens is 240 g/mol. The Kier molecular flexibility index (Phi) is 15.1. The fourth-order valence-corrected chi connectivity index (χ4v) is 1.78. The number of hydrogen-bond donors (Lipinski definition) is 1. The number of nitrogens with one attached hydrogen (secondary N) is 1. The molecule has 4 nitrogen and oxygen atoms in total. The van der Waals surface area contributed by atoms with E-state index in [1.165, 1.54) is 6.42 Å². The highest BCUT2D eigenvalue weighted by Crippen LogP contribution is 2.06. The molecule has 0 aliphatic carbocycles. The average Bonchev–Trinajstić information content (AvgIpc) is 2.35. The standard InChI is InChI=1S/C10H20N2O2.C3H8.C2H6.H2/c1-8(11-10(3)13)6-12-4-5-14-7-9(12)2;1-3-2;1-2;/h8-9H,4-7H2,1-3H3,(H,11,13);3H2,1-2H3;1-2H3;1H/t8-,9+;;;/m1.../s1. The van der Waals surface area contributed by atoms with E-state index in [1.807, 2.05) is 20.8 Å². The normalized spacial score (nSPS) is 20.3. The molecule has 1 aliphatic rings. The van der Waals surface area contributed by atoms with Gasteiger partial charge in [0.2, 0.25) is 5.91 Å². The van der Waals surface area contributed by atoms with Gasteiger partial charge in [-0.05, 0) is 13.8 Å². The van der Waals surface area contributed by atoms with E-state index in [0.29, 0.717) is 6.04 Å². The molecule has 0 saturated carbocycles. The first-order chi connectivity index (χ1) is 9.01. The number of carbonyl (C=O) groups excluding carboxylic acids is 1. The van der Waals surface area contributed by atoms with Crippen LogP contribution in [0.5, 0.6) is 0 Å². The fraction of sp³-hybridized carbons (Fsp3) is 0.933. The second-order valence-electron chi connectivity index (χ2n) is 4.73. The van der Waals surface area contributed by atoms with E-state index in [4.69, 9.17) is 4.74 Å². The Bertz CT molecular complexity index is 216. The Balaban J connectivity index is -0.000000426. The van der Waals surface area contributed by atoms with Crippen molar-refractivity contribution >= 4 is 5.91 Å². The number of carbonyl (C=O) groups is 1. The maximum Gasteiger partial charge on any atom is 0.217 e. The van der Waals surface area contributed by atoms with E-state index in [1.54, 1.807) is 6.92 Å². The zero-order valence-electron chi connectivity index (χ0n) is 14.0. The van der Waals surface area contributed by atoms with Crippen LogP contribution in [0, 0.1) is 0 Å². The number of morpholine rings is 1. The first-order valence-corrected chi connectivity index (χ1v) is 7.60. The summed E-state index contributed by atoms with van der Waals surface area (Å²) in [5.74, 6) is 0.0402. The molecule has 0 aromatic rings. The van der Waals surface area contributed by atoms with Crippen LogP contribution in [0.2, 0.25) is 0 Å². The van der Waals surface area contributed by atoms with Crippen molar-refractivity contribution in [2.45, 2.75) is 67.0 Å². The molecule has 2 atom stereocenters. The summed E-state index contributed by atoms with van der Waals surface area (Å²) >= 11 is 0. The average molecular weight is 276 g/mol. The van der Waals surface area contributed by atoms with Crippen molar-refractivity contribution in [2.24, 2.45) is 0 Å². The highest BCUT2D eigenvalue weighted by atomic mass is 16.5. The largest absolute Gasteiger partial charge is 0.379 e. The Hall–Kier alpha value is -0.610. The molecule has 1 saturated heterocycles. The molecule has 0 aromatic heterocycles. The minimum Gasteiger partial charge on any atom is -0.379 e. The van der Waals surface area contributed by atoms with Gasteiger partial charge in [-0.25, -0.2) is 0 Å². The summed E-state index contributed by atoms with van der Waals surface area (Å²) in [5.41, 5.74) is 0. The summed E-state index contributed by atoms with van der Waals surface area (Å²) in [6.07, 6.45) is 1.25. The van der Waals surface area contributed by atoms with Gasteiger partial charge in [0.25, 0.3) is 0 Å². The predicted octanol–water partition coefficient (Wildman–Crippen LogP) is 2.92. The van der Waals surface area contributed by atoms with Crippen LogP contribution in [0.1, 0.15) is 56.3 Å². The molecule has 1 heterocycles. The molecule has 0 radical (unpaired) electrons.